The maximum Gasteiger partial charge on any atom is 0.257 e. The molecule has 0 aliphatic rings. The number of aromatic nitrogens is 5. The summed E-state index contributed by atoms with van der Waals surface area (Å²) in [4.78, 5) is 18.1. The van der Waals surface area contributed by atoms with Crippen LogP contribution in [0.4, 0.5) is 10.2 Å². The Kier molecular flexibility index (Phi) is 5.59. The molecule has 1 N–H and O–H groups in total. The van der Waals surface area contributed by atoms with Crippen molar-refractivity contribution in [3.8, 4) is 11.3 Å². The van der Waals surface area contributed by atoms with E-state index in [0.29, 0.717) is 33.7 Å². The molecule has 170 valence electrons. The number of carbonyl (C=O) groups is 1. The number of amides is 1. The van der Waals surface area contributed by atoms with Crippen molar-refractivity contribution >= 4 is 34.2 Å². The average molecular weight is 475 g/mol. The second kappa shape index (κ2) is 8.72. The number of carbonyl (C=O) groups excluding carboxylic acids is 1. The minimum atomic E-state index is -0.352. The first-order valence-electron chi connectivity index (χ1n) is 10.6. The minimum Gasteiger partial charge on any atom is -0.304 e. The van der Waals surface area contributed by atoms with Crippen molar-refractivity contribution in [1.29, 1.82) is 0 Å². The lowest BCUT2D eigenvalue weighted by atomic mass is 10.0. The fraction of sp³-hybridized carbons (Fsp3) is 0.120. The summed E-state index contributed by atoms with van der Waals surface area (Å²) in [5.41, 5.74) is 4.33. The average Bonchev–Trinajstić information content (AvgIpc) is 3.34. The summed E-state index contributed by atoms with van der Waals surface area (Å²) in [6, 6.07) is 15.3. The Morgan fingerprint density at radius 3 is 2.59 bits per heavy atom. The van der Waals surface area contributed by atoms with Crippen LogP contribution in [0.2, 0.25) is 5.02 Å². The molecule has 5 rings (SSSR count). The molecule has 34 heavy (non-hydrogen) atoms. The lowest BCUT2D eigenvalue weighted by Crippen LogP contribution is -2.14. The molecule has 0 radical (unpaired) electrons. The van der Waals surface area contributed by atoms with Crippen molar-refractivity contribution in [3.63, 3.8) is 0 Å². The Labute approximate surface area is 199 Å². The van der Waals surface area contributed by atoms with Gasteiger partial charge in [0.1, 0.15) is 10.8 Å². The summed E-state index contributed by atoms with van der Waals surface area (Å²) < 4.78 is 16.5. The number of nitrogens with zero attached hydrogens (tertiary/aromatic N) is 5. The van der Waals surface area contributed by atoms with Crippen molar-refractivity contribution in [2.75, 3.05) is 5.32 Å². The molecule has 0 fully saturated rings. The molecule has 2 aromatic carbocycles. The summed E-state index contributed by atoms with van der Waals surface area (Å²) in [6.07, 6.45) is 3.50. The largest absolute Gasteiger partial charge is 0.304 e. The first-order chi connectivity index (χ1) is 16.4. The first-order valence-corrected chi connectivity index (χ1v) is 10.9. The third-order valence-electron chi connectivity index (χ3n) is 5.46. The Hall–Kier alpha value is -4.04. The number of benzene rings is 2. The number of nitrogens with one attached hydrogen (secondary N) is 1. The third kappa shape index (κ3) is 4.27. The highest BCUT2D eigenvalue weighted by Crippen LogP contribution is 2.28. The van der Waals surface area contributed by atoms with Crippen LogP contribution in [0.25, 0.3) is 22.2 Å². The van der Waals surface area contributed by atoms with Gasteiger partial charge in [0.15, 0.2) is 5.82 Å². The smallest absolute Gasteiger partial charge is 0.257 e. The highest BCUT2D eigenvalue weighted by atomic mass is 35.5. The van der Waals surface area contributed by atoms with Gasteiger partial charge < -0.3 is 5.32 Å². The molecule has 0 atom stereocenters. The molecular weight excluding hydrogens is 455 g/mol. The van der Waals surface area contributed by atoms with E-state index in [1.165, 1.54) is 12.1 Å². The second-order valence-electron chi connectivity index (χ2n) is 7.98. The number of hydrogen-bond donors (Lipinski definition) is 1. The number of aryl methyl sites for hydroxylation is 2. The zero-order chi connectivity index (χ0) is 23.8. The van der Waals surface area contributed by atoms with Crippen LogP contribution in [0.5, 0.6) is 0 Å². The van der Waals surface area contributed by atoms with Crippen LogP contribution < -0.4 is 5.32 Å². The maximum atomic E-state index is 13.3. The molecule has 0 saturated carbocycles. The van der Waals surface area contributed by atoms with Crippen LogP contribution in [0.1, 0.15) is 21.6 Å². The number of pyridine rings is 1. The lowest BCUT2D eigenvalue weighted by molar-refractivity contribution is 0.102. The van der Waals surface area contributed by atoms with Crippen molar-refractivity contribution in [2.24, 2.45) is 7.05 Å². The molecule has 3 heterocycles. The maximum absolute atomic E-state index is 13.3. The Balaban J connectivity index is 1.47. The number of rotatable bonds is 5. The fourth-order valence-corrected chi connectivity index (χ4v) is 4.06. The molecule has 0 aliphatic carbocycles. The van der Waals surface area contributed by atoms with Gasteiger partial charge in [-0.1, -0.05) is 41.9 Å². The Morgan fingerprint density at radius 1 is 1.09 bits per heavy atom. The van der Waals surface area contributed by atoms with E-state index < -0.39 is 0 Å². The minimum absolute atomic E-state index is 0.244. The van der Waals surface area contributed by atoms with Gasteiger partial charge in [-0.2, -0.15) is 10.2 Å². The standard InChI is InChI=1S/C25H20ClFN6O/c1-15-20(13-32(2)30-15)23-11-19(18-5-3-4-6-22(18)28-23)25(34)29-24-21(26)14-33(31-24)12-16-7-9-17(27)10-8-16/h3-11,13-14H,12H2,1-2H3,(H,29,31,34). The first kappa shape index (κ1) is 21.8. The molecule has 0 saturated heterocycles. The molecule has 3 aromatic heterocycles. The van der Waals surface area contributed by atoms with Gasteiger partial charge in [-0.15, -0.1) is 0 Å². The van der Waals surface area contributed by atoms with E-state index in [1.54, 1.807) is 33.8 Å². The molecule has 7 nitrogen and oxygen atoms in total. The number of halogens is 2. The summed E-state index contributed by atoms with van der Waals surface area (Å²) in [5.74, 6) is -0.412. The zero-order valence-electron chi connectivity index (χ0n) is 18.5. The van der Waals surface area contributed by atoms with E-state index in [0.717, 1.165) is 16.8 Å². The molecule has 0 aliphatic heterocycles. The SMILES string of the molecule is Cc1nn(C)cc1-c1cc(C(=O)Nc2nn(Cc3ccc(F)cc3)cc2Cl)c2ccccc2n1. The quantitative estimate of drug-likeness (QED) is 0.378. The van der Waals surface area contributed by atoms with Crippen LogP contribution in [-0.4, -0.2) is 30.5 Å². The van der Waals surface area contributed by atoms with Crippen molar-refractivity contribution in [3.05, 3.63) is 94.7 Å². The van der Waals surface area contributed by atoms with Crippen LogP contribution in [0.3, 0.4) is 0 Å². The van der Waals surface area contributed by atoms with Crippen molar-refractivity contribution in [2.45, 2.75) is 13.5 Å². The summed E-state index contributed by atoms with van der Waals surface area (Å²) in [6.45, 7) is 2.29. The highest BCUT2D eigenvalue weighted by Gasteiger charge is 2.18. The van der Waals surface area contributed by atoms with Crippen molar-refractivity contribution < 1.29 is 9.18 Å². The van der Waals surface area contributed by atoms with Gasteiger partial charge in [-0.25, -0.2) is 9.37 Å². The number of para-hydroxylation sites is 1. The molecule has 9 heteroatoms. The molecule has 0 bridgehead atoms. The van der Waals surface area contributed by atoms with Gasteiger partial charge in [-0.3, -0.25) is 14.2 Å². The normalized spacial score (nSPS) is 11.2. The van der Waals surface area contributed by atoms with Crippen molar-refractivity contribution in [1.82, 2.24) is 24.5 Å². The topological polar surface area (TPSA) is 77.6 Å². The van der Waals surface area contributed by atoms with E-state index in [2.05, 4.69) is 15.5 Å². The van der Waals surface area contributed by atoms with E-state index in [-0.39, 0.29) is 17.5 Å². The predicted molar refractivity (Wildman–Crippen MR) is 129 cm³/mol. The highest BCUT2D eigenvalue weighted by molar-refractivity contribution is 6.33. The van der Waals surface area contributed by atoms with Gasteiger partial charge in [0.05, 0.1) is 29.0 Å². The van der Waals surface area contributed by atoms with E-state index in [9.17, 15) is 9.18 Å². The lowest BCUT2D eigenvalue weighted by Gasteiger charge is -2.09. The predicted octanol–water partition coefficient (Wildman–Crippen LogP) is 5.23. The molecule has 0 unspecified atom stereocenters. The molecule has 0 spiro atoms. The third-order valence-corrected chi connectivity index (χ3v) is 5.73. The van der Waals surface area contributed by atoms with E-state index >= 15 is 0 Å². The summed E-state index contributed by atoms with van der Waals surface area (Å²) in [7, 11) is 1.84. The molecule has 1 amide bonds. The molecular formula is C25H20ClFN6O. The Morgan fingerprint density at radius 2 is 1.85 bits per heavy atom. The van der Waals surface area contributed by atoms with Crippen LogP contribution in [0, 0.1) is 12.7 Å². The number of fused-ring (bicyclic) bond motifs is 1. The number of hydrogen-bond acceptors (Lipinski definition) is 4. The Bertz CT molecular complexity index is 1520. The fourth-order valence-electron chi connectivity index (χ4n) is 3.87. The monoisotopic (exact) mass is 474 g/mol. The number of anilines is 1. The zero-order valence-corrected chi connectivity index (χ0v) is 19.2. The van der Waals surface area contributed by atoms with Gasteiger partial charge >= 0.3 is 0 Å². The summed E-state index contributed by atoms with van der Waals surface area (Å²) >= 11 is 6.36. The van der Waals surface area contributed by atoms with Gasteiger partial charge in [0.2, 0.25) is 0 Å². The van der Waals surface area contributed by atoms with E-state index in [4.69, 9.17) is 16.6 Å². The summed E-state index contributed by atoms with van der Waals surface area (Å²) in [5, 5.41) is 12.6. The van der Waals surface area contributed by atoms with Gasteiger partial charge in [0, 0.05) is 30.4 Å². The van der Waals surface area contributed by atoms with Crippen LogP contribution >= 0.6 is 11.6 Å². The van der Waals surface area contributed by atoms with Crippen LogP contribution in [0.15, 0.2) is 67.0 Å². The van der Waals surface area contributed by atoms with Gasteiger partial charge in [0.25, 0.3) is 5.91 Å². The molecule has 5 aromatic rings. The van der Waals surface area contributed by atoms with E-state index in [1.807, 2.05) is 44.4 Å². The van der Waals surface area contributed by atoms with Gasteiger partial charge in [-0.05, 0) is 36.8 Å². The second-order valence-corrected chi connectivity index (χ2v) is 8.39. The van der Waals surface area contributed by atoms with Crippen LogP contribution in [-0.2, 0) is 13.6 Å².